The minimum atomic E-state index is -0.627. The van der Waals surface area contributed by atoms with Crippen molar-refractivity contribution in [2.45, 2.75) is 32.9 Å². The monoisotopic (exact) mass is 243 g/mol. The molecule has 1 rings (SSSR count). The van der Waals surface area contributed by atoms with Gasteiger partial charge < -0.3 is 10.5 Å². The number of nitrogens with two attached hydrogens (primary N) is 1. The van der Waals surface area contributed by atoms with E-state index >= 15 is 0 Å². The van der Waals surface area contributed by atoms with Gasteiger partial charge in [-0.3, -0.25) is 0 Å². The van der Waals surface area contributed by atoms with Gasteiger partial charge in [-0.15, -0.1) is 0 Å². The summed E-state index contributed by atoms with van der Waals surface area (Å²) < 4.78 is 31.6. The van der Waals surface area contributed by atoms with Gasteiger partial charge in [0.15, 0.2) is 0 Å². The fourth-order valence-electron chi connectivity index (χ4n) is 1.34. The maximum absolute atomic E-state index is 13.4. The average Bonchev–Trinajstić information content (AvgIpc) is 2.25. The van der Waals surface area contributed by atoms with E-state index < -0.39 is 17.7 Å². The molecule has 0 bridgehead atoms. The fourth-order valence-corrected chi connectivity index (χ4v) is 1.34. The lowest BCUT2D eigenvalue weighted by atomic mass is 10.1. The molecule has 96 valence electrons. The van der Waals surface area contributed by atoms with Crippen LogP contribution in [0.1, 0.15) is 32.4 Å². The summed E-state index contributed by atoms with van der Waals surface area (Å²) in [5.74, 6) is -0.853. The van der Waals surface area contributed by atoms with E-state index in [1.54, 1.807) is 0 Å². The van der Waals surface area contributed by atoms with Crippen LogP contribution >= 0.6 is 0 Å². The molecule has 0 saturated carbocycles. The Hall–Kier alpha value is -1.00. The summed E-state index contributed by atoms with van der Waals surface area (Å²) in [5.41, 5.74) is 6.09. The third-order valence-electron chi connectivity index (χ3n) is 2.84. The van der Waals surface area contributed by atoms with Gasteiger partial charge in [0.05, 0.1) is 18.8 Å². The van der Waals surface area contributed by atoms with Crippen LogP contribution in [0.3, 0.4) is 0 Å². The maximum atomic E-state index is 13.4. The van der Waals surface area contributed by atoms with Gasteiger partial charge in [0, 0.05) is 11.6 Å². The molecule has 2 N–H and O–H groups in total. The minimum absolute atomic E-state index is 0.0598. The summed E-state index contributed by atoms with van der Waals surface area (Å²) in [6.07, 6.45) is 0.0598. The van der Waals surface area contributed by atoms with Gasteiger partial charge in [-0.05, 0) is 18.9 Å². The third kappa shape index (κ3) is 4.06. The first-order valence-electron chi connectivity index (χ1n) is 5.74. The van der Waals surface area contributed by atoms with Crippen molar-refractivity contribution in [3.05, 3.63) is 35.4 Å². The van der Waals surface area contributed by atoms with Crippen LogP contribution in [0, 0.1) is 17.6 Å². The molecule has 1 aromatic carbocycles. The van der Waals surface area contributed by atoms with E-state index in [0.717, 1.165) is 6.07 Å². The molecule has 4 heteroatoms. The van der Waals surface area contributed by atoms with Crippen molar-refractivity contribution in [1.29, 1.82) is 0 Å². The van der Waals surface area contributed by atoms with E-state index in [2.05, 4.69) is 0 Å². The zero-order valence-electron chi connectivity index (χ0n) is 10.4. The van der Waals surface area contributed by atoms with Gasteiger partial charge in [-0.2, -0.15) is 0 Å². The van der Waals surface area contributed by atoms with Crippen LogP contribution in [0.2, 0.25) is 0 Å². The summed E-state index contributed by atoms with van der Waals surface area (Å²) in [5, 5.41) is 0. The van der Waals surface area contributed by atoms with Crippen molar-refractivity contribution >= 4 is 0 Å². The lowest BCUT2D eigenvalue weighted by Gasteiger charge is -2.20. The molecule has 0 saturated heterocycles. The Labute approximate surface area is 101 Å². The normalized spacial score (nSPS) is 15.0. The van der Waals surface area contributed by atoms with E-state index in [1.165, 1.54) is 12.1 Å². The first-order chi connectivity index (χ1) is 7.91. The lowest BCUT2D eigenvalue weighted by Crippen LogP contribution is -2.24. The van der Waals surface area contributed by atoms with Gasteiger partial charge >= 0.3 is 0 Å². The Morgan fingerprint density at radius 2 is 1.88 bits per heavy atom. The van der Waals surface area contributed by atoms with E-state index in [0.29, 0.717) is 5.92 Å². The van der Waals surface area contributed by atoms with Crippen molar-refractivity contribution in [1.82, 2.24) is 0 Å². The zero-order valence-corrected chi connectivity index (χ0v) is 10.4. The molecule has 0 aromatic heterocycles. The molecule has 2 atom stereocenters. The van der Waals surface area contributed by atoms with Crippen LogP contribution in [-0.4, -0.2) is 12.7 Å². The Morgan fingerprint density at radius 1 is 1.24 bits per heavy atom. The predicted octanol–water partition coefficient (Wildman–Crippen LogP) is 3.03. The summed E-state index contributed by atoms with van der Waals surface area (Å²) in [4.78, 5) is 0. The van der Waals surface area contributed by atoms with Crippen LogP contribution in [0.15, 0.2) is 18.2 Å². The first kappa shape index (κ1) is 14.1. The molecule has 0 aliphatic heterocycles. The largest absolute Gasteiger partial charge is 0.376 e. The number of hydrogen-bond acceptors (Lipinski definition) is 2. The summed E-state index contributed by atoms with van der Waals surface area (Å²) in [6.45, 7) is 6.24. The molecular weight excluding hydrogens is 224 g/mol. The highest BCUT2D eigenvalue weighted by Crippen LogP contribution is 2.17. The molecule has 0 aliphatic carbocycles. The van der Waals surface area contributed by atoms with Gasteiger partial charge in [-0.25, -0.2) is 8.78 Å². The fraction of sp³-hybridized carbons (Fsp3) is 0.538. The van der Waals surface area contributed by atoms with Crippen molar-refractivity contribution in [3.8, 4) is 0 Å². The number of rotatable bonds is 5. The van der Waals surface area contributed by atoms with Crippen LogP contribution in [-0.2, 0) is 4.74 Å². The number of ether oxygens (including phenoxy) is 1. The summed E-state index contributed by atoms with van der Waals surface area (Å²) >= 11 is 0. The number of benzene rings is 1. The molecule has 2 nitrogen and oxygen atoms in total. The first-order valence-corrected chi connectivity index (χ1v) is 5.74. The molecule has 0 aliphatic rings. The molecule has 17 heavy (non-hydrogen) atoms. The quantitative estimate of drug-likeness (QED) is 0.862. The van der Waals surface area contributed by atoms with E-state index in [1.807, 2.05) is 20.8 Å². The molecule has 2 unspecified atom stereocenters. The second-order valence-corrected chi connectivity index (χ2v) is 4.55. The molecule has 0 spiro atoms. The average molecular weight is 243 g/mol. The molecule has 1 aromatic rings. The van der Waals surface area contributed by atoms with Gasteiger partial charge in [-0.1, -0.05) is 19.9 Å². The zero-order chi connectivity index (χ0) is 13.0. The predicted molar refractivity (Wildman–Crippen MR) is 63.5 cm³/mol. The SMILES string of the molecule is CC(C)C(C)OCC(N)c1ccc(F)cc1F. The third-order valence-corrected chi connectivity index (χ3v) is 2.84. The Balaban J connectivity index is 2.61. The minimum Gasteiger partial charge on any atom is -0.376 e. The van der Waals surface area contributed by atoms with E-state index in [-0.39, 0.29) is 18.3 Å². The highest BCUT2D eigenvalue weighted by molar-refractivity contribution is 5.21. The van der Waals surface area contributed by atoms with Crippen LogP contribution in [0.4, 0.5) is 8.78 Å². The Kier molecular flexibility index (Phi) is 5.02. The second kappa shape index (κ2) is 6.07. The van der Waals surface area contributed by atoms with Gasteiger partial charge in [0.2, 0.25) is 0 Å². The Bertz CT molecular complexity index is 368. The number of hydrogen-bond donors (Lipinski definition) is 1. The summed E-state index contributed by atoms with van der Waals surface area (Å²) in [6, 6.07) is 2.82. The van der Waals surface area contributed by atoms with Crippen molar-refractivity contribution in [2.24, 2.45) is 11.7 Å². The van der Waals surface area contributed by atoms with Crippen molar-refractivity contribution < 1.29 is 13.5 Å². The highest BCUT2D eigenvalue weighted by atomic mass is 19.1. The van der Waals surface area contributed by atoms with Crippen molar-refractivity contribution in [3.63, 3.8) is 0 Å². The molecular formula is C13H19F2NO. The standard InChI is InChI=1S/C13H19F2NO/c1-8(2)9(3)17-7-13(16)11-5-4-10(14)6-12(11)15/h4-6,8-9,13H,7,16H2,1-3H3. The molecule has 0 fully saturated rings. The smallest absolute Gasteiger partial charge is 0.130 e. The van der Waals surface area contributed by atoms with Gasteiger partial charge in [0.25, 0.3) is 0 Å². The van der Waals surface area contributed by atoms with Crippen LogP contribution in [0.5, 0.6) is 0 Å². The summed E-state index contributed by atoms with van der Waals surface area (Å²) in [7, 11) is 0. The molecule has 0 heterocycles. The number of halogens is 2. The van der Waals surface area contributed by atoms with Crippen LogP contribution < -0.4 is 5.73 Å². The molecule has 0 radical (unpaired) electrons. The van der Waals surface area contributed by atoms with Gasteiger partial charge in [0.1, 0.15) is 11.6 Å². The highest BCUT2D eigenvalue weighted by Gasteiger charge is 2.15. The van der Waals surface area contributed by atoms with E-state index in [9.17, 15) is 8.78 Å². The Morgan fingerprint density at radius 3 is 2.41 bits per heavy atom. The second-order valence-electron chi connectivity index (χ2n) is 4.55. The van der Waals surface area contributed by atoms with Crippen molar-refractivity contribution in [2.75, 3.05) is 6.61 Å². The molecule has 0 amide bonds. The van der Waals surface area contributed by atoms with Crippen LogP contribution in [0.25, 0.3) is 0 Å². The van der Waals surface area contributed by atoms with E-state index in [4.69, 9.17) is 10.5 Å². The topological polar surface area (TPSA) is 35.2 Å². The lowest BCUT2D eigenvalue weighted by molar-refractivity contribution is 0.0267. The maximum Gasteiger partial charge on any atom is 0.130 e.